The number of nitrogens with one attached hydrogen (secondary N) is 1. The Morgan fingerprint density at radius 1 is 1.47 bits per heavy atom. The molecule has 4 rings (SSSR count). The molecule has 1 N–H and O–H groups in total. The van der Waals surface area contributed by atoms with Crippen LogP contribution in [0.3, 0.4) is 0 Å². The summed E-state index contributed by atoms with van der Waals surface area (Å²) < 4.78 is 0. The van der Waals surface area contributed by atoms with Crippen LogP contribution in [0.4, 0.5) is 0 Å². The molecule has 0 bridgehead atoms. The quantitative estimate of drug-likeness (QED) is 0.920. The summed E-state index contributed by atoms with van der Waals surface area (Å²) in [5, 5.41) is 5.69. The lowest BCUT2D eigenvalue weighted by atomic mass is 10.1. The fourth-order valence-corrected chi connectivity index (χ4v) is 4.05. The van der Waals surface area contributed by atoms with Gasteiger partial charge < -0.3 is 4.90 Å². The first-order valence-electron chi connectivity index (χ1n) is 7.14. The minimum absolute atomic E-state index is 0.117. The normalized spacial score (nSPS) is 34.0. The van der Waals surface area contributed by atoms with E-state index in [4.69, 9.17) is 0 Å². The van der Waals surface area contributed by atoms with E-state index < -0.39 is 0 Å². The van der Waals surface area contributed by atoms with E-state index in [2.05, 4.69) is 41.6 Å². The van der Waals surface area contributed by atoms with Gasteiger partial charge >= 0.3 is 0 Å². The summed E-state index contributed by atoms with van der Waals surface area (Å²) in [6.07, 6.45) is 3.39. The van der Waals surface area contributed by atoms with Gasteiger partial charge in [-0.1, -0.05) is 19.9 Å². The van der Waals surface area contributed by atoms with Crippen LogP contribution in [0.15, 0.2) is 17.5 Å². The number of rotatable bonds is 3. The molecule has 2 heterocycles. The molecule has 1 saturated heterocycles. The summed E-state index contributed by atoms with van der Waals surface area (Å²) in [7, 11) is 0. The highest BCUT2D eigenvalue weighted by Gasteiger charge is 2.61. The second kappa shape index (κ2) is 3.61. The molecule has 3 nitrogen and oxygen atoms in total. The third-order valence-corrected chi connectivity index (χ3v) is 6.02. The lowest BCUT2D eigenvalue weighted by Gasteiger charge is -2.24. The molecular weight excluding hydrogens is 256 g/mol. The number of thiophene rings is 1. The fraction of sp³-hybridized carbons (Fsp3) is 0.667. The van der Waals surface area contributed by atoms with Crippen LogP contribution in [0.5, 0.6) is 0 Å². The molecule has 19 heavy (non-hydrogen) atoms. The Balaban J connectivity index is 1.60. The van der Waals surface area contributed by atoms with Gasteiger partial charge in [0.05, 0.1) is 0 Å². The first-order chi connectivity index (χ1) is 9.02. The van der Waals surface area contributed by atoms with E-state index in [1.54, 1.807) is 11.3 Å². The van der Waals surface area contributed by atoms with Crippen molar-refractivity contribution in [1.82, 2.24) is 10.2 Å². The molecule has 1 aliphatic heterocycles. The molecule has 1 aromatic heterocycles. The van der Waals surface area contributed by atoms with Gasteiger partial charge in [-0.25, -0.2) is 0 Å². The average Bonchev–Trinajstić information content (AvgIpc) is 3.12. The minimum Gasteiger partial charge on any atom is -0.320 e. The van der Waals surface area contributed by atoms with Gasteiger partial charge in [0.25, 0.3) is 0 Å². The number of hydrogen-bond donors (Lipinski definition) is 1. The van der Waals surface area contributed by atoms with Crippen molar-refractivity contribution in [1.29, 1.82) is 0 Å². The minimum atomic E-state index is -0.201. The van der Waals surface area contributed by atoms with E-state index in [1.165, 1.54) is 11.3 Å². The van der Waals surface area contributed by atoms with Crippen molar-refractivity contribution >= 4 is 17.2 Å². The molecular formula is C15H20N2OS. The van der Waals surface area contributed by atoms with Crippen LogP contribution < -0.4 is 5.32 Å². The van der Waals surface area contributed by atoms with Gasteiger partial charge in [0, 0.05) is 11.4 Å². The van der Waals surface area contributed by atoms with Crippen LogP contribution in [0.2, 0.25) is 0 Å². The van der Waals surface area contributed by atoms with Gasteiger partial charge in [-0.2, -0.15) is 0 Å². The zero-order valence-electron chi connectivity index (χ0n) is 11.5. The smallest absolute Gasteiger partial charge is 0.244 e. The van der Waals surface area contributed by atoms with Crippen LogP contribution in [0, 0.1) is 11.3 Å². The van der Waals surface area contributed by atoms with E-state index in [-0.39, 0.29) is 11.7 Å². The SMILES string of the molecule is CC1(C)CC1CN1C(=O)C2(CC2)NC1c1cccs1. The predicted octanol–water partition coefficient (Wildman–Crippen LogP) is 2.76. The molecule has 2 aliphatic carbocycles. The molecule has 2 unspecified atom stereocenters. The third-order valence-electron chi connectivity index (χ3n) is 5.09. The molecule has 1 amide bonds. The monoisotopic (exact) mass is 276 g/mol. The summed E-state index contributed by atoms with van der Waals surface area (Å²) in [6, 6.07) is 4.21. The van der Waals surface area contributed by atoms with E-state index in [9.17, 15) is 4.79 Å². The van der Waals surface area contributed by atoms with Crippen molar-refractivity contribution in [3.8, 4) is 0 Å². The van der Waals surface area contributed by atoms with E-state index in [0.717, 1.165) is 19.4 Å². The molecule has 3 aliphatic rings. The van der Waals surface area contributed by atoms with Crippen molar-refractivity contribution in [2.45, 2.75) is 44.8 Å². The number of amides is 1. The van der Waals surface area contributed by atoms with Gasteiger partial charge in [-0.15, -0.1) is 11.3 Å². The van der Waals surface area contributed by atoms with Gasteiger partial charge in [-0.05, 0) is 42.0 Å². The van der Waals surface area contributed by atoms with Crippen molar-refractivity contribution in [3.63, 3.8) is 0 Å². The van der Waals surface area contributed by atoms with Crippen molar-refractivity contribution < 1.29 is 4.79 Å². The average molecular weight is 276 g/mol. The molecule has 1 spiro atoms. The summed E-state index contributed by atoms with van der Waals surface area (Å²) in [6.45, 7) is 5.53. The van der Waals surface area contributed by atoms with Crippen LogP contribution in [-0.2, 0) is 4.79 Å². The fourth-order valence-electron chi connectivity index (χ4n) is 3.26. The van der Waals surface area contributed by atoms with E-state index >= 15 is 0 Å². The Labute approximate surface area is 118 Å². The second-order valence-electron chi connectivity index (χ2n) is 6.99. The zero-order valence-corrected chi connectivity index (χ0v) is 12.3. The Morgan fingerprint density at radius 2 is 2.21 bits per heavy atom. The van der Waals surface area contributed by atoms with Gasteiger partial charge in [0.2, 0.25) is 5.91 Å². The first kappa shape index (κ1) is 11.9. The highest BCUT2D eigenvalue weighted by Crippen LogP contribution is 2.54. The molecule has 4 heteroatoms. The Kier molecular flexibility index (Phi) is 2.26. The third kappa shape index (κ3) is 1.77. The van der Waals surface area contributed by atoms with E-state index in [1.807, 2.05) is 0 Å². The maximum atomic E-state index is 12.6. The van der Waals surface area contributed by atoms with Gasteiger partial charge in [0.15, 0.2) is 0 Å². The van der Waals surface area contributed by atoms with Crippen molar-refractivity contribution in [3.05, 3.63) is 22.4 Å². The topological polar surface area (TPSA) is 32.3 Å². The highest BCUT2D eigenvalue weighted by molar-refractivity contribution is 7.10. The van der Waals surface area contributed by atoms with Crippen LogP contribution >= 0.6 is 11.3 Å². The molecule has 3 fully saturated rings. The predicted molar refractivity (Wildman–Crippen MR) is 75.8 cm³/mol. The Hall–Kier alpha value is -0.870. The number of hydrogen-bond acceptors (Lipinski definition) is 3. The van der Waals surface area contributed by atoms with E-state index in [0.29, 0.717) is 17.2 Å². The van der Waals surface area contributed by atoms with Gasteiger partial charge in [0.1, 0.15) is 11.7 Å². The zero-order chi connectivity index (χ0) is 13.3. The lowest BCUT2D eigenvalue weighted by molar-refractivity contribution is -0.131. The maximum Gasteiger partial charge on any atom is 0.244 e. The lowest BCUT2D eigenvalue weighted by Crippen LogP contribution is -2.34. The van der Waals surface area contributed by atoms with Crippen LogP contribution in [-0.4, -0.2) is 22.9 Å². The Morgan fingerprint density at radius 3 is 2.74 bits per heavy atom. The standard InChI is InChI=1S/C15H20N2OS/c1-14(2)8-10(14)9-17-12(11-4-3-7-19-11)16-15(5-6-15)13(17)18/h3-4,7,10,12,16H,5-6,8-9H2,1-2H3. The molecule has 1 aromatic rings. The molecule has 0 aromatic carbocycles. The summed E-state index contributed by atoms with van der Waals surface area (Å²) in [5.74, 6) is 1.02. The number of carbonyl (C=O) groups is 1. The highest BCUT2D eigenvalue weighted by atomic mass is 32.1. The maximum absolute atomic E-state index is 12.6. The number of nitrogens with zero attached hydrogens (tertiary/aromatic N) is 1. The summed E-state index contributed by atoms with van der Waals surface area (Å²) >= 11 is 1.75. The van der Waals surface area contributed by atoms with Gasteiger partial charge in [-0.3, -0.25) is 10.1 Å². The van der Waals surface area contributed by atoms with Crippen LogP contribution in [0.25, 0.3) is 0 Å². The van der Waals surface area contributed by atoms with Crippen LogP contribution in [0.1, 0.15) is 44.2 Å². The van der Waals surface area contributed by atoms with Crippen molar-refractivity contribution in [2.24, 2.45) is 11.3 Å². The summed E-state index contributed by atoms with van der Waals surface area (Å²) in [4.78, 5) is 16.0. The summed E-state index contributed by atoms with van der Waals surface area (Å²) in [5.41, 5.74) is 0.229. The molecule has 0 radical (unpaired) electrons. The molecule has 2 atom stereocenters. The van der Waals surface area contributed by atoms with Crippen molar-refractivity contribution in [2.75, 3.05) is 6.54 Å². The Bertz CT molecular complexity index is 518. The largest absolute Gasteiger partial charge is 0.320 e. The molecule has 102 valence electrons. The second-order valence-corrected chi connectivity index (χ2v) is 7.97. The first-order valence-corrected chi connectivity index (χ1v) is 8.02. The molecule has 2 saturated carbocycles. The number of carbonyl (C=O) groups excluding carboxylic acids is 1.